The fraction of sp³-hybridized carbons (Fsp3) is 0.0741. The molecule has 1 unspecified atom stereocenters. The third-order valence-electron chi connectivity index (χ3n) is 5.31. The molecule has 5 rings (SSSR count). The fourth-order valence-corrected chi connectivity index (χ4v) is 3.95. The van der Waals surface area contributed by atoms with Crippen molar-refractivity contribution in [3.8, 4) is 34.2 Å². The largest absolute Gasteiger partial charge is 0.208 e. The van der Waals surface area contributed by atoms with Gasteiger partial charge in [-0.05, 0) is 24.1 Å². The number of benzene rings is 3. The van der Waals surface area contributed by atoms with Gasteiger partial charge in [0.25, 0.3) is 0 Å². The average molecular weight is 422 g/mol. The van der Waals surface area contributed by atoms with Crippen molar-refractivity contribution in [2.45, 2.75) is 12.3 Å². The zero-order valence-corrected chi connectivity index (χ0v) is 17.6. The minimum atomic E-state index is 0.251. The maximum atomic E-state index is 6.27. The Kier molecular flexibility index (Phi) is 5.42. The topological polar surface area (TPSA) is 38.7 Å². The highest BCUT2D eigenvalue weighted by atomic mass is 35.5. The quantitative estimate of drug-likeness (QED) is 0.354. The first-order valence-electron chi connectivity index (χ1n) is 10.3. The van der Waals surface area contributed by atoms with E-state index in [1.807, 2.05) is 78.9 Å². The number of hydrogen-bond donors (Lipinski definition) is 0. The van der Waals surface area contributed by atoms with Gasteiger partial charge in [0.1, 0.15) is 0 Å². The molecule has 1 aliphatic carbocycles. The van der Waals surface area contributed by atoms with Crippen molar-refractivity contribution in [2.24, 2.45) is 0 Å². The summed E-state index contributed by atoms with van der Waals surface area (Å²) in [4.78, 5) is 14.4. The van der Waals surface area contributed by atoms with Gasteiger partial charge in [0.05, 0.1) is 0 Å². The first-order chi connectivity index (χ1) is 15.3. The third-order valence-corrected chi connectivity index (χ3v) is 5.59. The summed E-state index contributed by atoms with van der Waals surface area (Å²) in [6.07, 6.45) is 6.96. The van der Waals surface area contributed by atoms with E-state index in [1.165, 1.54) is 5.56 Å². The van der Waals surface area contributed by atoms with Crippen LogP contribution in [0.4, 0.5) is 0 Å². The van der Waals surface area contributed by atoms with Crippen molar-refractivity contribution < 1.29 is 0 Å². The predicted molar refractivity (Wildman–Crippen MR) is 127 cm³/mol. The second-order valence-electron chi connectivity index (χ2n) is 7.47. The first kappa shape index (κ1) is 19.4. The number of nitrogens with zero attached hydrogens (tertiary/aromatic N) is 3. The zero-order valence-electron chi connectivity index (χ0n) is 16.8. The predicted octanol–water partition coefficient (Wildman–Crippen LogP) is 7.04. The van der Waals surface area contributed by atoms with Crippen LogP contribution in [0.1, 0.15) is 17.9 Å². The average Bonchev–Trinajstić information content (AvgIpc) is 2.85. The van der Waals surface area contributed by atoms with Crippen molar-refractivity contribution >= 4 is 11.6 Å². The Morgan fingerprint density at radius 2 is 1.19 bits per heavy atom. The zero-order chi connectivity index (χ0) is 21.0. The summed E-state index contributed by atoms with van der Waals surface area (Å²) in [6.45, 7) is 0. The molecule has 0 N–H and O–H groups in total. The molecule has 3 nitrogen and oxygen atoms in total. The summed E-state index contributed by atoms with van der Waals surface area (Å²) in [5.74, 6) is 2.24. The Balaban J connectivity index is 1.61. The number of aromatic nitrogens is 3. The van der Waals surface area contributed by atoms with Crippen LogP contribution in [0.5, 0.6) is 0 Å². The standard InChI is InChI=1S/C27H20ClN3/c28-24-16-8-14-22(18-24)21-13-7-15-23(17-21)27-30-25(19-9-3-1-4-10-19)29-26(31-27)20-11-5-2-6-12-20/h1-17,22H,18H2. The molecule has 31 heavy (non-hydrogen) atoms. The van der Waals surface area contributed by atoms with Crippen molar-refractivity contribution in [3.63, 3.8) is 0 Å². The van der Waals surface area contributed by atoms with Gasteiger partial charge in [-0.3, -0.25) is 0 Å². The van der Waals surface area contributed by atoms with E-state index in [0.29, 0.717) is 17.5 Å². The van der Waals surface area contributed by atoms with Crippen LogP contribution in [0.2, 0.25) is 0 Å². The first-order valence-corrected chi connectivity index (χ1v) is 10.6. The molecule has 0 spiro atoms. The fourth-order valence-electron chi connectivity index (χ4n) is 3.72. The summed E-state index contributed by atoms with van der Waals surface area (Å²) < 4.78 is 0. The van der Waals surface area contributed by atoms with E-state index >= 15 is 0 Å². The van der Waals surface area contributed by atoms with Gasteiger partial charge in [-0.2, -0.15) is 0 Å². The Morgan fingerprint density at radius 1 is 0.645 bits per heavy atom. The van der Waals surface area contributed by atoms with Crippen LogP contribution in [0, 0.1) is 0 Å². The van der Waals surface area contributed by atoms with E-state index in [1.54, 1.807) is 0 Å². The Labute approximate surface area is 186 Å². The summed E-state index contributed by atoms with van der Waals surface area (Å²) in [6, 6.07) is 28.4. The second kappa shape index (κ2) is 8.66. The van der Waals surface area contributed by atoms with Crippen LogP contribution in [-0.2, 0) is 0 Å². The minimum Gasteiger partial charge on any atom is -0.208 e. The summed E-state index contributed by atoms with van der Waals surface area (Å²) in [5.41, 5.74) is 4.09. The molecular weight excluding hydrogens is 402 g/mol. The van der Waals surface area contributed by atoms with Crippen LogP contribution in [0.15, 0.2) is 108 Å². The van der Waals surface area contributed by atoms with Gasteiger partial charge in [-0.25, -0.2) is 15.0 Å². The molecule has 4 aromatic rings. The van der Waals surface area contributed by atoms with Crippen LogP contribution < -0.4 is 0 Å². The molecular formula is C27H20ClN3. The smallest absolute Gasteiger partial charge is 0.164 e. The molecule has 4 heteroatoms. The van der Waals surface area contributed by atoms with E-state index in [0.717, 1.165) is 28.1 Å². The molecule has 0 aliphatic heterocycles. The Bertz CT molecular complexity index is 1210. The molecule has 0 saturated carbocycles. The molecule has 0 bridgehead atoms. The molecule has 150 valence electrons. The molecule has 1 aromatic heterocycles. The number of halogens is 1. The van der Waals surface area contributed by atoms with Crippen molar-refractivity contribution in [2.75, 3.05) is 0 Å². The van der Waals surface area contributed by atoms with Crippen LogP contribution in [0.3, 0.4) is 0 Å². The number of hydrogen-bond acceptors (Lipinski definition) is 3. The highest BCUT2D eigenvalue weighted by Crippen LogP contribution is 2.32. The summed E-state index contributed by atoms with van der Waals surface area (Å²) in [7, 11) is 0. The van der Waals surface area contributed by atoms with Gasteiger partial charge >= 0.3 is 0 Å². The second-order valence-corrected chi connectivity index (χ2v) is 7.96. The maximum Gasteiger partial charge on any atom is 0.164 e. The summed E-state index contributed by atoms with van der Waals surface area (Å²) in [5, 5.41) is 0.871. The Morgan fingerprint density at radius 3 is 1.77 bits per heavy atom. The maximum absolute atomic E-state index is 6.27. The van der Waals surface area contributed by atoms with Crippen molar-refractivity contribution in [1.29, 1.82) is 0 Å². The van der Waals surface area contributed by atoms with E-state index in [4.69, 9.17) is 26.6 Å². The molecule has 0 amide bonds. The Hall–Kier alpha value is -3.56. The molecule has 0 radical (unpaired) electrons. The lowest BCUT2D eigenvalue weighted by molar-refractivity contribution is 0.842. The lowest BCUT2D eigenvalue weighted by Crippen LogP contribution is -2.02. The molecule has 1 heterocycles. The summed E-state index contributed by atoms with van der Waals surface area (Å²) >= 11 is 6.27. The van der Waals surface area contributed by atoms with Crippen molar-refractivity contribution in [3.05, 3.63) is 114 Å². The van der Waals surface area contributed by atoms with Gasteiger partial charge in [0.15, 0.2) is 17.5 Å². The van der Waals surface area contributed by atoms with Gasteiger partial charge in [-0.15, -0.1) is 0 Å². The molecule has 0 fully saturated rings. The highest BCUT2D eigenvalue weighted by Gasteiger charge is 2.16. The van der Waals surface area contributed by atoms with E-state index in [2.05, 4.69) is 24.3 Å². The van der Waals surface area contributed by atoms with Crippen LogP contribution >= 0.6 is 11.6 Å². The van der Waals surface area contributed by atoms with Crippen LogP contribution in [0.25, 0.3) is 34.2 Å². The number of allylic oxidation sites excluding steroid dienone is 4. The SMILES string of the molecule is ClC1=CC=CC(c2cccc(-c3nc(-c4ccccc4)nc(-c4ccccc4)n3)c2)C1. The molecule has 0 saturated heterocycles. The van der Waals surface area contributed by atoms with E-state index in [9.17, 15) is 0 Å². The van der Waals surface area contributed by atoms with E-state index < -0.39 is 0 Å². The molecule has 1 atom stereocenters. The van der Waals surface area contributed by atoms with E-state index in [-0.39, 0.29) is 5.92 Å². The van der Waals surface area contributed by atoms with Crippen LogP contribution in [-0.4, -0.2) is 15.0 Å². The monoisotopic (exact) mass is 421 g/mol. The normalized spacial score (nSPS) is 15.5. The van der Waals surface area contributed by atoms with Gasteiger partial charge in [0, 0.05) is 27.6 Å². The molecule has 1 aliphatic rings. The van der Waals surface area contributed by atoms with Crippen molar-refractivity contribution in [1.82, 2.24) is 15.0 Å². The number of rotatable bonds is 4. The molecule has 3 aromatic carbocycles. The van der Waals surface area contributed by atoms with Gasteiger partial charge in [-0.1, -0.05) is 103 Å². The third kappa shape index (κ3) is 4.32. The lowest BCUT2D eigenvalue weighted by atomic mass is 9.91. The lowest BCUT2D eigenvalue weighted by Gasteiger charge is -2.16. The van der Waals surface area contributed by atoms with Gasteiger partial charge in [0.2, 0.25) is 0 Å². The van der Waals surface area contributed by atoms with Gasteiger partial charge < -0.3 is 0 Å². The minimum absolute atomic E-state index is 0.251. The highest BCUT2D eigenvalue weighted by molar-refractivity contribution is 6.29.